The van der Waals surface area contributed by atoms with Gasteiger partial charge in [0.1, 0.15) is 23.7 Å². The summed E-state index contributed by atoms with van der Waals surface area (Å²) in [4.78, 5) is 37.0. The molecular weight excluding hydrogens is 497 g/mol. The molecule has 5 N–H and O–H groups in total. The van der Waals surface area contributed by atoms with Crippen LogP contribution in [0.2, 0.25) is 0 Å². The normalized spacial score (nSPS) is 14.8. The van der Waals surface area contributed by atoms with Gasteiger partial charge in [-0.15, -0.1) is 0 Å². The van der Waals surface area contributed by atoms with Crippen molar-refractivity contribution < 1.29 is 24.0 Å². The topological polar surface area (TPSA) is 174 Å². The molecule has 0 bridgehead atoms. The molecule has 0 saturated heterocycles. The summed E-state index contributed by atoms with van der Waals surface area (Å²) in [5, 5.41) is 14.7. The SMILES string of the molecule is C[C@@H](Cn1cnc2c(N)ncnc21)OCP(=O)(NC(=O)c1ccc(C(C)(C)C)cc1)NC(C)(C)C(=O)O. The minimum absolute atomic E-state index is 0.0976. The summed E-state index contributed by atoms with van der Waals surface area (Å²) in [5.74, 6) is -1.59. The summed E-state index contributed by atoms with van der Waals surface area (Å²) in [6, 6.07) is 6.95. The number of hydrogen-bond acceptors (Lipinski definition) is 8. The van der Waals surface area contributed by atoms with Crippen LogP contribution in [0.1, 0.15) is 57.5 Å². The lowest BCUT2D eigenvalue weighted by Crippen LogP contribution is -2.48. The van der Waals surface area contributed by atoms with Crippen LogP contribution in [-0.2, 0) is 26.1 Å². The molecule has 3 aromatic rings. The Morgan fingerprint density at radius 2 is 1.78 bits per heavy atom. The highest BCUT2D eigenvalue weighted by Gasteiger charge is 2.38. The Hall–Kier alpha value is -3.34. The van der Waals surface area contributed by atoms with Gasteiger partial charge in [0.25, 0.3) is 13.4 Å². The Labute approximate surface area is 215 Å². The van der Waals surface area contributed by atoms with Crippen LogP contribution in [0, 0.1) is 0 Å². The van der Waals surface area contributed by atoms with Crippen LogP contribution in [0.25, 0.3) is 11.2 Å². The van der Waals surface area contributed by atoms with Crippen molar-refractivity contribution in [2.24, 2.45) is 0 Å². The van der Waals surface area contributed by atoms with E-state index in [9.17, 15) is 19.3 Å². The fourth-order valence-electron chi connectivity index (χ4n) is 3.54. The first-order valence-corrected chi connectivity index (χ1v) is 13.6. The number of aromatic nitrogens is 4. The molecule has 2 aromatic heterocycles. The second-order valence-corrected chi connectivity index (χ2v) is 12.7. The molecule has 200 valence electrons. The number of hydrogen-bond donors (Lipinski definition) is 4. The third-order valence-corrected chi connectivity index (χ3v) is 7.71. The number of nitrogen functional groups attached to an aromatic ring is 1. The minimum atomic E-state index is -3.88. The molecule has 13 heteroatoms. The van der Waals surface area contributed by atoms with E-state index in [0.29, 0.717) is 16.7 Å². The van der Waals surface area contributed by atoms with Crippen molar-refractivity contribution >= 4 is 36.3 Å². The summed E-state index contributed by atoms with van der Waals surface area (Å²) >= 11 is 0. The van der Waals surface area contributed by atoms with Gasteiger partial charge in [0.2, 0.25) is 0 Å². The van der Waals surface area contributed by atoms with Gasteiger partial charge in [0.05, 0.1) is 19.0 Å². The van der Waals surface area contributed by atoms with E-state index in [1.54, 1.807) is 30.0 Å². The van der Waals surface area contributed by atoms with Crippen molar-refractivity contribution in [1.29, 1.82) is 0 Å². The van der Waals surface area contributed by atoms with Gasteiger partial charge in [0, 0.05) is 5.56 Å². The van der Waals surface area contributed by atoms with E-state index in [-0.39, 0.29) is 17.8 Å². The number of nitrogens with one attached hydrogen (secondary N) is 2. The Balaban J connectivity index is 1.76. The number of carboxylic acid groups (broad SMARTS) is 1. The number of aliphatic carboxylic acids is 1. The Bertz CT molecular complexity index is 1330. The first-order valence-electron chi connectivity index (χ1n) is 11.7. The number of carbonyl (C=O) groups is 2. The lowest BCUT2D eigenvalue weighted by atomic mass is 9.87. The molecule has 0 spiro atoms. The van der Waals surface area contributed by atoms with E-state index >= 15 is 0 Å². The first kappa shape index (κ1) is 28.2. The van der Waals surface area contributed by atoms with Gasteiger partial charge in [-0.2, -0.15) is 0 Å². The van der Waals surface area contributed by atoms with Crippen LogP contribution in [0.15, 0.2) is 36.9 Å². The smallest absolute Gasteiger partial charge is 0.323 e. The van der Waals surface area contributed by atoms with Gasteiger partial charge in [0.15, 0.2) is 11.5 Å². The summed E-state index contributed by atoms with van der Waals surface area (Å²) in [7, 11) is -3.88. The fourth-order valence-corrected chi connectivity index (χ4v) is 5.64. The van der Waals surface area contributed by atoms with Gasteiger partial charge in [-0.3, -0.25) is 19.2 Å². The molecule has 1 aromatic carbocycles. The van der Waals surface area contributed by atoms with Crippen molar-refractivity contribution in [3.8, 4) is 0 Å². The van der Waals surface area contributed by atoms with Crippen LogP contribution in [0.4, 0.5) is 5.82 Å². The third-order valence-electron chi connectivity index (χ3n) is 5.71. The number of ether oxygens (including phenoxy) is 1. The molecule has 2 atom stereocenters. The lowest BCUT2D eigenvalue weighted by Gasteiger charge is -2.29. The van der Waals surface area contributed by atoms with Gasteiger partial charge in [-0.1, -0.05) is 32.9 Å². The predicted molar refractivity (Wildman–Crippen MR) is 140 cm³/mol. The second-order valence-electron chi connectivity index (χ2n) is 10.5. The molecule has 0 saturated carbocycles. The van der Waals surface area contributed by atoms with Crippen LogP contribution in [0.3, 0.4) is 0 Å². The molecule has 0 aliphatic carbocycles. The Kier molecular flexibility index (Phi) is 8.06. The van der Waals surface area contributed by atoms with E-state index in [0.717, 1.165) is 5.56 Å². The standard InChI is InChI=1S/C24H34N7O5P/c1-15(11-31-13-28-18-19(25)26-12-27-20(18)31)36-14-37(35,30-24(5,6)22(33)34)29-21(32)16-7-9-17(10-8-16)23(2,3)4/h7-10,12-13,15H,11,14H2,1-6H3,(H,33,34)(H2,25,26,27)(H2,29,30,32,35)/t15-,37?/m0/s1. The Morgan fingerprint density at radius 3 is 2.38 bits per heavy atom. The summed E-state index contributed by atoms with van der Waals surface area (Å²) < 4.78 is 21.4. The van der Waals surface area contributed by atoms with Crippen molar-refractivity contribution in [2.75, 3.05) is 12.1 Å². The molecule has 1 amide bonds. The van der Waals surface area contributed by atoms with Crippen molar-refractivity contribution in [2.45, 2.75) is 65.1 Å². The van der Waals surface area contributed by atoms with E-state index in [2.05, 4.69) is 45.9 Å². The molecule has 0 fully saturated rings. The number of fused-ring (bicyclic) bond motifs is 1. The average Bonchev–Trinajstić information content (AvgIpc) is 3.21. The van der Waals surface area contributed by atoms with E-state index in [4.69, 9.17) is 10.5 Å². The average molecular weight is 532 g/mol. The predicted octanol–water partition coefficient (Wildman–Crippen LogP) is 3.14. The fraction of sp³-hybridized carbons (Fsp3) is 0.458. The molecule has 2 heterocycles. The number of carboxylic acids is 1. The van der Waals surface area contributed by atoms with Gasteiger partial charge in [-0.05, 0) is 43.9 Å². The molecular formula is C24H34N7O5P. The number of rotatable bonds is 10. The van der Waals surface area contributed by atoms with E-state index in [1.807, 2.05) is 12.1 Å². The largest absolute Gasteiger partial charge is 0.480 e. The monoisotopic (exact) mass is 531 g/mol. The van der Waals surface area contributed by atoms with Gasteiger partial charge in [-0.25, -0.2) is 20.0 Å². The number of imidazole rings is 1. The van der Waals surface area contributed by atoms with Crippen LogP contribution < -0.4 is 15.9 Å². The maximum absolute atomic E-state index is 13.8. The summed E-state index contributed by atoms with van der Waals surface area (Å²) in [6.45, 7) is 10.9. The highest BCUT2D eigenvalue weighted by atomic mass is 31.2. The van der Waals surface area contributed by atoms with E-state index < -0.39 is 37.3 Å². The number of nitrogens with zero attached hydrogens (tertiary/aromatic N) is 4. The molecule has 0 radical (unpaired) electrons. The molecule has 37 heavy (non-hydrogen) atoms. The van der Waals surface area contributed by atoms with E-state index in [1.165, 1.54) is 20.2 Å². The molecule has 3 rings (SSSR count). The third kappa shape index (κ3) is 6.91. The Morgan fingerprint density at radius 1 is 1.14 bits per heavy atom. The van der Waals surface area contributed by atoms with Gasteiger partial charge >= 0.3 is 5.97 Å². The maximum atomic E-state index is 13.8. The molecule has 1 unspecified atom stereocenters. The zero-order valence-corrected chi connectivity index (χ0v) is 22.7. The number of anilines is 1. The van der Waals surface area contributed by atoms with Crippen LogP contribution >= 0.6 is 7.44 Å². The van der Waals surface area contributed by atoms with Crippen molar-refractivity contribution in [3.63, 3.8) is 0 Å². The van der Waals surface area contributed by atoms with Crippen molar-refractivity contribution in [3.05, 3.63) is 48.0 Å². The maximum Gasteiger partial charge on any atom is 0.323 e. The molecule has 0 aliphatic heterocycles. The number of nitrogens with two attached hydrogens (primary N) is 1. The zero-order valence-electron chi connectivity index (χ0n) is 21.8. The van der Waals surface area contributed by atoms with Gasteiger partial charge < -0.3 is 20.1 Å². The first-order chi connectivity index (χ1) is 17.1. The summed E-state index contributed by atoms with van der Waals surface area (Å²) in [5.41, 5.74) is 6.43. The molecule has 0 aliphatic rings. The lowest BCUT2D eigenvalue weighted by molar-refractivity contribution is -0.142. The summed E-state index contributed by atoms with van der Waals surface area (Å²) in [6.07, 6.45) is 1.93. The quantitative estimate of drug-likeness (QED) is 0.284. The minimum Gasteiger partial charge on any atom is -0.480 e. The van der Waals surface area contributed by atoms with Crippen LogP contribution in [-0.4, -0.2) is 54.5 Å². The highest BCUT2D eigenvalue weighted by Crippen LogP contribution is 2.40. The second kappa shape index (κ2) is 10.6. The number of amides is 1. The number of carbonyl (C=O) groups excluding carboxylic acids is 1. The van der Waals surface area contributed by atoms with Crippen LogP contribution in [0.5, 0.6) is 0 Å². The van der Waals surface area contributed by atoms with Crippen molar-refractivity contribution in [1.82, 2.24) is 29.7 Å². The zero-order chi connectivity index (χ0) is 27.6. The molecule has 12 nitrogen and oxygen atoms in total. The highest BCUT2D eigenvalue weighted by molar-refractivity contribution is 7.60. The number of benzene rings is 1.